The first-order valence-corrected chi connectivity index (χ1v) is 10.9. The molecule has 0 saturated carbocycles. The van der Waals surface area contributed by atoms with E-state index in [1.54, 1.807) is 19.1 Å². The van der Waals surface area contributed by atoms with E-state index in [0.717, 1.165) is 23.8 Å². The fourth-order valence-corrected chi connectivity index (χ4v) is 2.89. The second-order valence-electron chi connectivity index (χ2n) is 6.97. The van der Waals surface area contributed by atoms with Gasteiger partial charge in [0.2, 0.25) is 0 Å². The maximum absolute atomic E-state index is 13.0. The molecule has 1 aromatic rings. The number of amides is 1. The number of aliphatic hydroxyl groups is 1. The van der Waals surface area contributed by atoms with Crippen LogP contribution in [-0.4, -0.2) is 51.4 Å². The molecule has 0 aliphatic heterocycles. The Morgan fingerprint density at radius 2 is 2.00 bits per heavy atom. The van der Waals surface area contributed by atoms with Crippen LogP contribution in [-0.2, 0) is 9.53 Å². The van der Waals surface area contributed by atoms with Gasteiger partial charge in [-0.1, -0.05) is 36.2 Å². The number of hydrogen-bond acceptors (Lipinski definition) is 6. The average Bonchev–Trinajstić information content (AvgIpc) is 2.76. The Balaban J connectivity index is 2.97. The van der Waals surface area contributed by atoms with Gasteiger partial charge in [-0.15, -0.1) is 0 Å². The van der Waals surface area contributed by atoms with Gasteiger partial charge in [-0.3, -0.25) is 4.79 Å². The monoisotopic (exact) mass is 468 g/mol. The lowest BCUT2D eigenvalue weighted by atomic mass is 9.89. The molecule has 31 heavy (non-hydrogen) atoms. The average molecular weight is 469 g/mol. The zero-order valence-corrected chi connectivity index (χ0v) is 20.0. The number of ether oxygens (including phenoxy) is 1. The van der Waals surface area contributed by atoms with E-state index < -0.39 is 0 Å². The summed E-state index contributed by atoms with van der Waals surface area (Å²) in [5.41, 5.74) is 2.67. The first-order chi connectivity index (χ1) is 14.7. The Kier molecular flexibility index (Phi) is 12.3. The van der Waals surface area contributed by atoms with Crippen LogP contribution in [0.25, 0.3) is 0 Å². The maximum atomic E-state index is 13.0. The molecule has 1 atom stereocenters. The summed E-state index contributed by atoms with van der Waals surface area (Å²) in [6.07, 6.45) is 1.86. The summed E-state index contributed by atoms with van der Waals surface area (Å²) >= 11 is 12.2. The molecule has 0 fully saturated rings. The summed E-state index contributed by atoms with van der Waals surface area (Å²) < 4.78 is 5.22. The third kappa shape index (κ3) is 8.95. The highest BCUT2D eigenvalue weighted by atomic mass is 35.5. The highest BCUT2D eigenvalue weighted by Gasteiger charge is 2.17. The molecular formula is C21H31BCl2N4O3. The molecular weight excluding hydrogens is 438 g/mol. The summed E-state index contributed by atoms with van der Waals surface area (Å²) in [7, 11) is 1.96. The van der Waals surface area contributed by atoms with Crippen LogP contribution in [0.3, 0.4) is 0 Å². The van der Waals surface area contributed by atoms with Gasteiger partial charge in [0, 0.05) is 18.7 Å². The van der Waals surface area contributed by atoms with E-state index in [2.05, 4.69) is 16.0 Å². The summed E-state index contributed by atoms with van der Waals surface area (Å²) in [5, 5.41) is 26.5. The van der Waals surface area contributed by atoms with E-state index in [1.807, 2.05) is 27.8 Å². The number of aliphatic hydroxyl groups excluding tert-OH is 1. The molecule has 0 aromatic heterocycles. The van der Waals surface area contributed by atoms with Gasteiger partial charge < -0.3 is 31.2 Å². The van der Waals surface area contributed by atoms with E-state index in [4.69, 9.17) is 38.5 Å². The molecule has 1 rings (SSSR count). The van der Waals surface area contributed by atoms with Gasteiger partial charge in [0.15, 0.2) is 0 Å². The molecule has 0 bridgehead atoms. The minimum atomic E-state index is -0.361. The SMILES string of the molecule is BC(N/C(NC(=O)/C(NCCOCCO)=C(\C)C=N)=C(\C)CC)c1ccc(Cl)c(Cl)c1. The summed E-state index contributed by atoms with van der Waals surface area (Å²) in [5.74, 6) is 0.0992. The van der Waals surface area contributed by atoms with Crippen LogP contribution in [0.4, 0.5) is 0 Å². The van der Waals surface area contributed by atoms with Crippen molar-refractivity contribution in [3.63, 3.8) is 0 Å². The fourth-order valence-electron chi connectivity index (χ4n) is 2.59. The molecule has 1 aromatic carbocycles. The second kappa shape index (κ2) is 14.1. The third-order valence-electron chi connectivity index (χ3n) is 4.62. The number of benzene rings is 1. The lowest BCUT2D eigenvalue weighted by Crippen LogP contribution is -2.39. The summed E-state index contributed by atoms with van der Waals surface area (Å²) in [6.45, 7) is 6.49. The van der Waals surface area contributed by atoms with Gasteiger partial charge in [0.1, 0.15) is 19.4 Å². The van der Waals surface area contributed by atoms with Gasteiger partial charge in [-0.2, -0.15) is 0 Å². The van der Waals surface area contributed by atoms with Crippen molar-refractivity contribution in [2.75, 3.05) is 26.4 Å². The lowest BCUT2D eigenvalue weighted by Gasteiger charge is -2.23. The predicted octanol–water partition coefficient (Wildman–Crippen LogP) is 2.49. The summed E-state index contributed by atoms with van der Waals surface area (Å²) in [6, 6.07) is 5.41. The van der Waals surface area contributed by atoms with Crippen molar-refractivity contribution in [2.24, 2.45) is 0 Å². The fraction of sp³-hybridized carbons (Fsp3) is 0.429. The van der Waals surface area contributed by atoms with Crippen molar-refractivity contribution in [1.82, 2.24) is 16.0 Å². The molecule has 0 spiro atoms. The van der Waals surface area contributed by atoms with E-state index in [9.17, 15) is 4.79 Å². The van der Waals surface area contributed by atoms with Crippen LogP contribution < -0.4 is 16.0 Å². The van der Waals surface area contributed by atoms with Crippen LogP contribution in [0.1, 0.15) is 38.7 Å². The van der Waals surface area contributed by atoms with Crippen LogP contribution >= 0.6 is 23.2 Å². The van der Waals surface area contributed by atoms with Gasteiger partial charge in [-0.25, -0.2) is 0 Å². The van der Waals surface area contributed by atoms with Crippen LogP contribution in [0.5, 0.6) is 0 Å². The molecule has 10 heteroatoms. The number of hydrogen-bond donors (Lipinski definition) is 5. The molecule has 5 N–H and O–H groups in total. The van der Waals surface area contributed by atoms with Crippen LogP contribution in [0.15, 0.2) is 40.9 Å². The van der Waals surface area contributed by atoms with Crippen LogP contribution in [0.2, 0.25) is 10.0 Å². The van der Waals surface area contributed by atoms with E-state index in [-0.39, 0.29) is 30.8 Å². The number of carbonyl (C=O) groups is 1. The van der Waals surface area contributed by atoms with Gasteiger partial charge in [0.05, 0.1) is 29.9 Å². The Hall–Kier alpha value is -2.00. The molecule has 0 aliphatic carbocycles. The Labute approximate surface area is 195 Å². The first kappa shape index (κ1) is 27.0. The van der Waals surface area contributed by atoms with E-state index >= 15 is 0 Å². The Morgan fingerprint density at radius 1 is 1.29 bits per heavy atom. The molecule has 0 heterocycles. The molecule has 0 radical (unpaired) electrons. The number of halogens is 2. The zero-order chi connectivity index (χ0) is 23.4. The summed E-state index contributed by atoms with van der Waals surface area (Å²) in [4.78, 5) is 13.0. The molecule has 170 valence electrons. The number of nitrogens with one attached hydrogen (secondary N) is 4. The largest absolute Gasteiger partial charge is 0.394 e. The minimum Gasteiger partial charge on any atom is -0.394 e. The van der Waals surface area contributed by atoms with Crippen molar-refractivity contribution >= 4 is 43.2 Å². The molecule has 0 aliphatic rings. The first-order valence-electron chi connectivity index (χ1n) is 10.1. The zero-order valence-electron chi connectivity index (χ0n) is 18.4. The van der Waals surface area contributed by atoms with Gasteiger partial charge in [0.25, 0.3) is 5.91 Å². The minimum absolute atomic E-state index is 0.0597. The number of allylic oxidation sites excluding steroid dienone is 2. The maximum Gasteiger partial charge on any atom is 0.273 e. The highest BCUT2D eigenvalue weighted by molar-refractivity contribution is 6.42. The standard InChI is InChI=1S/C21H31BCl2N4O3/c1-4-13(2)20(27-19(22)15-5-6-16(23)17(24)11-15)28-21(30)18(14(3)12-25)26-7-9-31-10-8-29/h5-6,11-12,19,25-27,29H,4,7-10,22H2,1-3H3,(H,28,30)/b18-14-,20-13-,25-12?. The Bertz CT molecular complexity index is 831. The quantitative estimate of drug-likeness (QED) is 0.132. The third-order valence-corrected chi connectivity index (χ3v) is 5.36. The van der Waals surface area contributed by atoms with Crippen molar-refractivity contribution in [3.8, 4) is 0 Å². The molecule has 1 amide bonds. The lowest BCUT2D eigenvalue weighted by molar-refractivity contribution is -0.117. The van der Waals surface area contributed by atoms with E-state index in [1.165, 1.54) is 0 Å². The van der Waals surface area contributed by atoms with Crippen LogP contribution in [0, 0.1) is 5.41 Å². The number of rotatable bonds is 13. The smallest absolute Gasteiger partial charge is 0.273 e. The van der Waals surface area contributed by atoms with Gasteiger partial charge >= 0.3 is 0 Å². The molecule has 0 saturated heterocycles. The number of carbonyl (C=O) groups excluding carboxylic acids is 1. The molecule has 7 nitrogen and oxygen atoms in total. The topological polar surface area (TPSA) is 106 Å². The van der Waals surface area contributed by atoms with Crippen molar-refractivity contribution in [3.05, 3.63) is 56.5 Å². The normalized spacial score (nSPS) is 13.6. The molecule has 1 unspecified atom stereocenters. The van der Waals surface area contributed by atoms with Crippen molar-refractivity contribution < 1.29 is 14.6 Å². The second-order valence-corrected chi connectivity index (χ2v) is 7.78. The highest BCUT2D eigenvalue weighted by Crippen LogP contribution is 2.25. The van der Waals surface area contributed by atoms with Crippen molar-refractivity contribution in [1.29, 1.82) is 5.41 Å². The predicted molar refractivity (Wildman–Crippen MR) is 129 cm³/mol. The Morgan fingerprint density at radius 3 is 2.58 bits per heavy atom. The van der Waals surface area contributed by atoms with Crippen molar-refractivity contribution in [2.45, 2.75) is 33.1 Å². The van der Waals surface area contributed by atoms with Gasteiger partial charge in [-0.05, 0) is 49.1 Å². The van der Waals surface area contributed by atoms with E-state index in [0.29, 0.717) is 34.6 Å².